The largest absolute Gasteiger partial charge is 0.379 e. The van der Waals surface area contributed by atoms with Gasteiger partial charge in [0, 0.05) is 44.1 Å². The number of hydrogen-bond donors (Lipinski definition) is 1. The fourth-order valence-corrected chi connectivity index (χ4v) is 2.75. The highest BCUT2D eigenvalue weighted by Crippen LogP contribution is 2.15. The summed E-state index contributed by atoms with van der Waals surface area (Å²) in [5.41, 5.74) is 1.35. The summed E-state index contributed by atoms with van der Waals surface area (Å²) < 4.78 is 0. The van der Waals surface area contributed by atoms with Crippen molar-refractivity contribution >= 4 is 17.5 Å². The zero-order chi connectivity index (χ0) is 17.9. The summed E-state index contributed by atoms with van der Waals surface area (Å²) >= 11 is 0. The number of hydrogen-bond acceptors (Lipinski definition) is 6. The number of anilines is 2. The number of aromatic nitrogens is 3. The normalized spacial score (nSPS) is 15.2. The molecule has 1 aliphatic rings. The Morgan fingerprint density at radius 1 is 1.04 bits per heavy atom. The molecule has 0 spiro atoms. The first kappa shape index (κ1) is 17.1. The summed E-state index contributed by atoms with van der Waals surface area (Å²) in [6.07, 6.45) is 5.18. The second-order valence-corrected chi connectivity index (χ2v) is 7.14. The molecule has 1 aliphatic heterocycles. The number of carbonyl (C=O) groups is 1. The summed E-state index contributed by atoms with van der Waals surface area (Å²) in [7, 11) is 0. The minimum absolute atomic E-state index is 0.0315. The second kappa shape index (κ2) is 7.04. The van der Waals surface area contributed by atoms with E-state index in [1.807, 2.05) is 11.0 Å². The molecule has 0 bridgehead atoms. The third kappa shape index (κ3) is 4.43. The predicted octanol–water partition coefficient (Wildman–Crippen LogP) is 2.04. The fourth-order valence-electron chi connectivity index (χ4n) is 2.75. The van der Waals surface area contributed by atoms with Crippen LogP contribution in [0.25, 0.3) is 0 Å². The third-order valence-electron chi connectivity index (χ3n) is 3.90. The van der Waals surface area contributed by atoms with Gasteiger partial charge >= 0.3 is 0 Å². The van der Waals surface area contributed by atoms with Crippen molar-refractivity contribution in [1.82, 2.24) is 19.9 Å². The summed E-state index contributed by atoms with van der Waals surface area (Å²) in [4.78, 5) is 29.4. The molecule has 0 aliphatic carbocycles. The Morgan fingerprint density at radius 3 is 2.28 bits per heavy atom. The molecule has 1 amide bonds. The maximum absolute atomic E-state index is 12.6. The number of nitrogens with zero attached hydrogens (tertiary/aromatic N) is 5. The van der Waals surface area contributed by atoms with E-state index in [0.717, 1.165) is 18.8 Å². The Bertz CT molecular complexity index is 703. The monoisotopic (exact) mass is 340 g/mol. The molecule has 1 saturated heterocycles. The number of piperazine rings is 1. The molecule has 2 aromatic heterocycles. The Balaban J connectivity index is 1.59. The van der Waals surface area contributed by atoms with E-state index in [9.17, 15) is 4.79 Å². The molecule has 1 fully saturated rings. The molecule has 3 rings (SSSR count). The summed E-state index contributed by atoms with van der Waals surface area (Å²) in [6, 6.07) is 5.48. The van der Waals surface area contributed by atoms with Crippen molar-refractivity contribution in [2.24, 2.45) is 0 Å². The van der Waals surface area contributed by atoms with Gasteiger partial charge in [0.05, 0.1) is 11.9 Å². The van der Waals surface area contributed by atoms with Crippen LogP contribution >= 0.6 is 0 Å². The van der Waals surface area contributed by atoms with Crippen LogP contribution in [0.15, 0.2) is 36.8 Å². The van der Waals surface area contributed by atoms with E-state index in [-0.39, 0.29) is 11.4 Å². The zero-order valence-corrected chi connectivity index (χ0v) is 14.9. The molecule has 7 heteroatoms. The molecule has 132 valence electrons. The van der Waals surface area contributed by atoms with Crippen LogP contribution in [-0.4, -0.2) is 57.5 Å². The van der Waals surface area contributed by atoms with Gasteiger partial charge in [-0.3, -0.25) is 4.79 Å². The van der Waals surface area contributed by atoms with E-state index >= 15 is 0 Å². The van der Waals surface area contributed by atoms with Gasteiger partial charge in [0.2, 0.25) is 5.95 Å². The van der Waals surface area contributed by atoms with Crippen LogP contribution in [0.2, 0.25) is 0 Å². The van der Waals surface area contributed by atoms with E-state index in [1.165, 1.54) is 0 Å². The van der Waals surface area contributed by atoms with Crippen LogP contribution in [0.5, 0.6) is 0 Å². The van der Waals surface area contributed by atoms with Crippen LogP contribution in [0, 0.1) is 0 Å². The molecular weight excluding hydrogens is 316 g/mol. The van der Waals surface area contributed by atoms with Gasteiger partial charge in [-0.15, -0.1) is 0 Å². The topological polar surface area (TPSA) is 74.2 Å². The smallest absolute Gasteiger partial charge is 0.272 e. The van der Waals surface area contributed by atoms with Crippen molar-refractivity contribution < 1.29 is 4.79 Å². The SMILES string of the molecule is CC(C)(C)Nc1ccc(C(=O)N2CCN(c3ncccn3)CC2)nc1. The second-order valence-electron chi connectivity index (χ2n) is 7.14. The van der Waals surface area contributed by atoms with E-state index in [1.54, 1.807) is 30.7 Å². The molecule has 3 heterocycles. The van der Waals surface area contributed by atoms with Crippen LogP contribution in [0.4, 0.5) is 11.6 Å². The average molecular weight is 340 g/mol. The van der Waals surface area contributed by atoms with Crippen molar-refractivity contribution in [2.75, 3.05) is 36.4 Å². The standard InChI is InChI=1S/C18H24N6O/c1-18(2,3)22-14-5-6-15(21-13-14)16(25)23-9-11-24(12-10-23)17-19-7-4-8-20-17/h4-8,13,22H,9-12H2,1-3H3. The maximum atomic E-state index is 12.6. The van der Waals surface area contributed by atoms with Crippen LogP contribution in [0.1, 0.15) is 31.3 Å². The summed E-state index contributed by atoms with van der Waals surface area (Å²) in [5, 5.41) is 3.34. The molecule has 25 heavy (non-hydrogen) atoms. The highest BCUT2D eigenvalue weighted by atomic mass is 16.2. The van der Waals surface area contributed by atoms with Crippen molar-refractivity contribution in [3.63, 3.8) is 0 Å². The molecule has 0 radical (unpaired) electrons. The fraction of sp³-hybridized carbons (Fsp3) is 0.444. The number of carbonyl (C=O) groups excluding carboxylic acids is 1. The predicted molar refractivity (Wildman–Crippen MR) is 97.8 cm³/mol. The molecule has 0 saturated carbocycles. The van der Waals surface area contributed by atoms with Gasteiger partial charge in [0.25, 0.3) is 5.91 Å². The van der Waals surface area contributed by atoms with E-state index in [4.69, 9.17) is 0 Å². The van der Waals surface area contributed by atoms with Gasteiger partial charge in [0.15, 0.2) is 0 Å². The highest BCUT2D eigenvalue weighted by molar-refractivity contribution is 5.92. The van der Waals surface area contributed by atoms with Gasteiger partial charge in [-0.2, -0.15) is 0 Å². The molecule has 2 aromatic rings. The molecule has 7 nitrogen and oxygen atoms in total. The molecule has 0 atom stereocenters. The van der Waals surface area contributed by atoms with Crippen molar-refractivity contribution in [1.29, 1.82) is 0 Å². The van der Waals surface area contributed by atoms with Gasteiger partial charge in [-0.05, 0) is 39.0 Å². The lowest BCUT2D eigenvalue weighted by atomic mass is 10.1. The van der Waals surface area contributed by atoms with E-state index < -0.39 is 0 Å². The Hall–Kier alpha value is -2.70. The van der Waals surface area contributed by atoms with Gasteiger partial charge in [-0.1, -0.05) is 0 Å². The lowest BCUT2D eigenvalue weighted by molar-refractivity contribution is 0.0740. The van der Waals surface area contributed by atoms with Crippen LogP contribution in [0.3, 0.4) is 0 Å². The lowest BCUT2D eigenvalue weighted by Gasteiger charge is -2.34. The molecule has 1 N–H and O–H groups in total. The first-order valence-corrected chi connectivity index (χ1v) is 8.48. The molecule has 0 aromatic carbocycles. The number of nitrogens with one attached hydrogen (secondary N) is 1. The van der Waals surface area contributed by atoms with Gasteiger partial charge < -0.3 is 15.1 Å². The summed E-state index contributed by atoms with van der Waals surface area (Å²) in [5.74, 6) is 0.682. The average Bonchev–Trinajstić information content (AvgIpc) is 2.61. The van der Waals surface area contributed by atoms with Crippen LogP contribution < -0.4 is 10.2 Å². The minimum atomic E-state index is -0.0386. The quantitative estimate of drug-likeness (QED) is 0.922. The molecule has 0 unspecified atom stereocenters. The highest BCUT2D eigenvalue weighted by Gasteiger charge is 2.24. The van der Waals surface area contributed by atoms with Crippen molar-refractivity contribution in [3.05, 3.63) is 42.5 Å². The maximum Gasteiger partial charge on any atom is 0.272 e. The zero-order valence-electron chi connectivity index (χ0n) is 14.9. The van der Waals surface area contributed by atoms with Gasteiger partial charge in [-0.25, -0.2) is 15.0 Å². The van der Waals surface area contributed by atoms with E-state index in [0.29, 0.717) is 24.7 Å². The Morgan fingerprint density at radius 2 is 1.72 bits per heavy atom. The first-order valence-electron chi connectivity index (χ1n) is 8.48. The van der Waals surface area contributed by atoms with Gasteiger partial charge in [0.1, 0.15) is 5.69 Å². The van der Waals surface area contributed by atoms with E-state index in [2.05, 4.69) is 45.9 Å². The Labute approximate surface area is 148 Å². The number of rotatable bonds is 3. The lowest BCUT2D eigenvalue weighted by Crippen LogP contribution is -2.49. The molecular formula is C18H24N6O. The third-order valence-corrected chi connectivity index (χ3v) is 3.90. The first-order chi connectivity index (χ1) is 11.9. The Kier molecular flexibility index (Phi) is 4.83. The number of pyridine rings is 1. The van der Waals surface area contributed by atoms with Crippen molar-refractivity contribution in [2.45, 2.75) is 26.3 Å². The minimum Gasteiger partial charge on any atom is -0.379 e. The summed E-state index contributed by atoms with van der Waals surface area (Å²) in [6.45, 7) is 8.98. The van der Waals surface area contributed by atoms with Crippen molar-refractivity contribution in [3.8, 4) is 0 Å². The number of amides is 1. The van der Waals surface area contributed by atoms with Crippen LogP contribution in [-0.2, 0) is 0 Å².